The van der Waals surface area contributed by atoms with Crippen LogP contribution in [0.25, 0.3) is 0 Å². The summed E-state index contributed by atoms with van der Waals surface area (Å²) in [5.41, 5.74) is -1.54. The summed E-state index contributed by atoms with van der Waals surface area (Å²) in [6, 6.07) is 0. The number of halogens is 4. The standard InChI is InChI=1S/C9H13ClN2O3S.C6H12ClNO.C2H6ClO4P.ClH/c1-2-9(3-7(14)15)5-16-8(12-9)11-6(13)4-10;7-1-2-8-3-5-9-6-4-8;1-2(3)7-8(4,5)6;/h2-5H2,1H3,(H,14,15)(H,11,12,13);1-6H2;2H,1H3,(H2,4,5,6);1H. The maximum Gasteiger partial charge on any atom is 0.471 e. The topological polar surface area (TPSA) is 158 Å². The summed E-state index contributed by atoms with van der Waals surface area (Å²) in [5, 5.41) is 11.8. The van der Waals surface area contributed by atoms with Gasteiger partial charge in [-0.15, -0.1) is 35.6 Å². The Bertz CT molecular complexity index is 680. The summed E-state index contributed by atoms with van der Waals surface area (Å²) >= 11 is 17.3. The van der Waals surface area contributed by atoms with Crippen LogP contribution in [0.5, 0.6) is 0 Å². The van der Waals surface area contributed by atoms with Gasteiger partial charge in [0, 0.05) is 31.3 Å². The first-order valence-electron chi connectivity index (χ1n) is 9.90. The highest BCUT2D eigenvalue weighted by molar-refractivity contribution is 8.14. The number of ether oxygens (including phenoxy) is 1. The van der Waals surface area contributed by atoms with E-state index >= 15 is 0 Å². The van der Waals surface area contributed by atoms with Gasteiger partial charge < -0.3 is 24.9 Å². The van der Waals surface area contributed by atoms with Crippen LogP contribution in [0.15, 0.2) is 4.99 Å². The summed E-state index contributed by atoms with van der Waals surface area (Å²) in [5.74, 6) is -0.0167. The summed E-state index contributed by atoms with van der Waals surface area (Å²) in [6.45, 7) is 8.05. The second kappa shape index (κ2) is 19.3. The number of carboxylic acids is 1. The number of aliphatic carboxylic acids is 1. The van der Waals surface area contributed by atoms with E-state index in [0.717, 1.165) is 38.7 Å². The zero-order chi connectivity index (χ0) is 25.5. The Hall–Kier alpha value is 0.150. The minimum atomic E-state index is -4.35. The van der Waals surface area contributed by atoms with E-state index in [1.54, 1.807) is 0 Å². The number of carboxylic acid groups (broad SMARTS) is 1. The summed E-state index contributed by atoms with van der Waals surface area (Å²) in [4.78, 5) is 44.3. The number of aliphatic imine (C=N–C) groups is 1. The fourth-order valence-electron chi connectivity index (χ4n) is 2.51. The van der Waals surface area contributed by atoms with Gasteiger partial charge >= 0.3 is 13.8 Å². The molecule has 34 heavy (non-hydrogen) atoms. The summed E-state index contributed by atoms with van der Waals surface area (Å²) < 4.78 is 18.9. The normalized spacial score (nSPS) is 21.0. The average molecular weight is 611 g/mol. The van der Waals surface area contributed by atoms with Crippen LogP contribution < -0.4 is 5.32 Å². The highest BCUT2D eigenvalue weighted by atomic mass is 35.5. The van der Waals surface area contributed by atoms with Crippen LogP contribution in [-0.4, -0.2) is 98.3 Å². The zero-order valence-electron chi connectivity index (χ0n) is 18.8. The number of carbonyl (C=O) groups excluding carboxylic acids is 1. The molecule has 0 spiro atoms. The first kappa shape index (κ1) is 36.3. The molecule has 0 aromatic heterocycles. The number of hydrogen-bond acceptors (Lipinski definition) is 8. The van der Waals surface area contributed by atoms with Crippen molar-refractivity contribution in [3.05, 3.63) is 0 Å². The molecule has 2 aliphatic heterocycles. The van der Waals surface area contributed by atoms with Gasteiger partial charge in [0.1, 0.15) is 11.4 Å². The lowest BCUT2D eigenvalue weighted by Gasteiger charge is -2.25. The van der Waals surface area contributed by atoms with Crippen molar-refractivity contribution in [1.82, 2.24) is 10.2 Å². The summed E-state index contributed by atoms with van der Waals surface area (Å²) in [6.07, 6.45) is 0.614. The predicted molar refractivity (Wildman–Crippen MR) is 138 cm³/mol. The molecule has 2 unspecified atom stereocenters. The minimum absolute atomic E-state index is 0. The molecule has 11 nitrogen and oxygen atoms in total. The SMILES string of the molecule is CC(Cl)OP(=O)(O)O.CCC1(CC(=O)O)CSC(NC(=O)CCl)=N1.Cl.ClCCN1CCOCC1. The highest BCUT2D eigenvalue weighted by Gasteiger charge is 2.36. The molecular weight excluding hydrogens is 579 g/mol. The van der Waals surface area contributed by atoms with E-state index in [1.165, 1.54) is 18.7 Å². The Balaban J connectivity index is 0. The smallest absolute Gasteiger partial charge is 0.471 e. The Morgan fingerprint density at radius 2 is 1.94 bits per heavy atom. The van der Waals surface area contributed by atoms with E-state index in [1.807, 2.05) is 6.92 Å². The quantitative estimate of drug-likeness (QED) is 0.238. The predicted octanol–water partition coefficient (Wildman–Crippen LogP) is 2.73. The van der Waals surface area contributed by atoms with E-state index in [9.17, 15) is 14.2 Å². The number of nitrogens with zero attached hydrogens (tertiary/aromatic N) is 2. The van der Waals surface area contributed by atoms with Crippen molar-refractivity contribution in [3.63, 3.8) is 0 Å². The number of alkyl halides is 3. The monoisotopic (exact) mass is 609 g/mol. The van der Waals surface area contributed by atoms with Crippen LogP contribution in [0.2, 0.25) is 0 Å². The largest absolute Gasteiger partial charge is 0.481 e. The summed E-state index contributed by atoms with van der Waals surface area (Å²) in [7, 11) is -4.35. The second-order valence-electron chi connectivity index (χ2n) is 6.82. The Morgan fingerprint density at radius 1 is 1.35 bits per heavy atom. The Morgan fingerprint density at radius 3 is 2.32 bits per heavy atom. The number of rotatable bonds is 8. The molecule has 2 rings (SSSR count). The lowest BCUT2D eigenvalue weighted by Crippen LogP contribution is -2.37. The Kier molecular flexibility index (Phi) is 20.6. The van der Waals surface area contributed by atoms with E-state index in [4.69, 9.17) is 54.4 Å². The molecule has 1 saturated heterocycles. The van der Waals surface area contributed by atoms with E-state index in [2.05, 4.69) is 19.7 Å². The van der Waals surface area contributed by atoms with Crippen LogP contribution in [-0.2, 0) is 23.4 Å². The van der Waals surface area contributed by atoms with Gasteiger partial charge in [-0.25, -0.2) is 4.57 Å². The van der Waals surface area contributed by atoms with Crippen molar-refractivity contribution >= 4 is 83.8 Å². The number of amidine groups is 1. The van der Waals surface area contributed by atoms with E-state index in [-0.39, 0.29) is 30.6 Å². The number of phosphoric acid groups is 1. The first-order valence-corrected chi connectivity index (χ1v) is 13.9. The van der Waals surface area contributed by atoms with Gasteiger partial charge in [0.05, 0.1) is 25.2 Å². The van der Waals surface area contributed by atoms with Crippen LogP contribution in [0, 0.1) is 0 Å². The molecule has 0 saturated carbocycles. The van der Waals surface area contributed by atoms with Crippen LogP contribution in [0.4, 0.5) is 0 Å². The fourth-order valence-corrected chi connectivity index (χ4v) is 4.73. The molecule has 1 fully saturated rings. The van der Waals surface area contributed by atoms with Crippen molar-refractivity contribution in [3.8, 4) is 0 Å². The molecule has 17 heteroatoms. The molecule has 4 N–H and O–H groups in total. The third kappa shape index (κ3) is 18.4. The molecular formula is C17H32Cl4N3O8PS. The highest BCUT2D eigenvalue weighted by Crippen LogP contribution is 2.38. The maximum absolute atomic E-state index is 11.0. The molecule has 1 amide bonds. The van der Waals surface area contributed by atoms with Gasteiger partial charge in [-0.3, -0.25) is 24.0 Å². The van der Waals surface area contributed by atoms with Crippen LogP contribution in [0.3, 0.4) is 0 Å². The number of thioether (sulfide) groups is 1. The molecule has 202 valence electrons. The van der Waals surface area contributed by atoms with Crippen molar-refractivity contribution in [2.24, 2.45) is 4.99 Å². The van der Waals surface area contributed by atoms with Gasteiger partial charge in [-0.2, -0.15) is 0 Å². The molecule has 2 heterocycles. The van der Waals surface area contributed by atoms with Gasteiger partial charge in [-0.1, -0.05) is 30.3 Å². The fraction of sp³-hybridized carbons (Fsp3) is 0.824. The number of phosphoric ester groups is 1. The van der Waals surface area contributed by atoms with Crippen molar-refractivity contribution in [2.75, 3.05) is 50.4 Å². The van der Waals surface area contributed by atoms with Gasteiger partial charge in [0.2, 0.25) is 5.91 Å². The lowest BCUT2D eigenvalue weighted by atomic mass is 9.95. The van der Waals surface area contributed by atoms with Gasteiger partial charge in [0.25, 0.3) is 0 Å². The molecule has 0 radical (unpaired) electrons. The number of amides is 1. The van der Waals surface area contributed by atoms with E-state index in [0.29, 0.717) is 17.3 Å². The van der Waals surface area contributed by atoms with Crippen molar-refractivity contribution in [1.29, 1.82) is 0 Å². The molecule has 0 aliphatic carbocycles. The molecule has 0 aromatic rings. The second-order valence-corrected chi connectivity index (χ2v) is 10.2. The molecule has 2 atom stereocenters. The van der Waals surface area contributed by atoms with Gasteiger partial charge in [0.15, 0.2) is 5.17 Å². The lowest BCUT2D eigenvalue weighted by molar-refractivity contribution is -0.138. The molecule has 2 aliphatic rings. The minimum Gasteiger partial charge on any atom is -0.481 e. The third-order valence-corrected chi connectivity index (χ3v) is 6.47. The Labute approximate surface area is 224 Å². The van der Waals surface area contributed by atoms with Gasteiger partial charge in [-0.05, 0) is 13.3 Å². The van der Waals surface area contributed by atoms with Crippen LogP contribution >= 0.6 is 66.8 Å². The van der Waals surface area contributed by atoms with Crippen LogP contribution in [0.1, 0.15) is 26.7 Å². The number of nitrogens with one attached hydrogen (secondary N) is 1. The zero-order valence-corrected chi connectivity index (χ0v) is 23.6. The van der Waals surface area contributed by atoms with Crippen molar-refractivity contribution in [2.45, 2.75) is 37.8 Å². The third-order valence-electron chi connectivity index (χ3n) is 4.11. The number of morpholine rings is 1. The molecule has 0 aromatic carbocycles. The number of hydrogen-bond donors (Lipinski definition) is 4. The maximum atomic E-state index is 11.0. The molecule has 0 bridgehead atoms. The number of carbonyl (C=O) groups is 2. The average Bonchev–Trinajstić information content (AvgIpc) is 3.10. The first-order chi connectivity index (χ1) is 15.4. The van der Waals surface area contributed by atoms with E-state index < -0.39 is 24.9 Å². The van der Waals surface area contributed by atoms with Crippen molar-refractivity contribution < 1.29 is 38.3 Å².